The molecule has 0 aliphatic rings. The predicted molar refractivity (Wildman–Crippen MR) is 83.9 cm³/mol. The lowest BCUT2D eigenvalue weighted by molar-refractivity contribution is 0.101. The number of hydrogen-bond acceptors (Lipinski definition) is 4. The number of carbonyl (C=O) groups is 1. The van der Waals surface area contributed by atoms with E-state index >= 15 is 0 Å². The molecule has 3 aromatic rings. The second-order valence-corrected chi connectivity index (χ2v) is 4.95. The van der Waals surface area contributed by atoms with Crippen LogP contribution < -0.4 is 9.47 Å². The lowest BCUT2D eigenvalue weighted by atomic mass is 10.0. The normalized spacial score (nSPS) is 10.7. The largest absolute Gasteiger partial charge is 0.496 e. The summed E-state index contributed by atoms with van der Waals surface area (Å²) in [6, 6.07) is 12.6. The number of ketones is 1. The number of benzene rings is 2. The highest BCUT2D eigenvalue weighted by Gasteiger charge is 2.22. The minimum Gasteiger partial charge on any atom is -0.496 e. The SMILES string of the molecule is COc1cc(OC)c2c(C)c(C(=O)c3ccccc3)oc2c1. The zero-order valence-electron chi connectivity index (χ0n) is 12.7. The van der Waals surface area contributed by atoms with Gasteiger partial charge in [-0.3, -0.25) is 4.79 Å². The molecule has 0 atom stereocenters. The van der Waals surface area contributed by atoms with Gasteiger partial charge in [0.25, 0.3) is 0 Å². The van der Waals surface area contributed by atoms with Gasteiger partial charge in [0, 0.05) is 23.3 Å². The molecule has 4 nitrogen and oxygen atoms in total. The molecule has 1 aromatic heterocycles. The van der Waals surface area contributed by atoms with Gasteiger partial charge in [0.15, 0.2) is 5.76 Å². The van der Waals surface area contributed by atoms with Crippen molar-refractivity contribution < 1.29 is 18.7 Å². The van der Waals surface area contributed by atoms with Gasteiger partial charge in [-0.2, -0.15) is 0 Å². The monoisotopic (exact) mass is 296 g/mol. The molecule has 0 N–H and O–H groups in total. The lowest BCUT2D eigenvalue weighted by Crippen LogP contribution is -2.00. The van der Waals surface area contributed by atoms with Crippen molar-refractivity contribution in [2.24, 2.45) is 0 Å². The number of furan rings is 1. The summed E-state index contributed by atoms with van der Waals surface area (Å²) >= 11 is 0. The Kier molecular flexibility index (Phi) is 3.59. The van der Waals surface area contributed by atoms with Crippen LogP contribution in [0.25, 0.3) is 11.0 Å². The molecule has 0 saturated heterocycles. The third-order valence-electron chi connectivity index (χ3n) is 3.66. The molecule has 0 spiro atoms. The zero-order chi connectivity index (χ0) is 15.7. The van der Waals surface area contributed by atoms with E-state index < -0.39 is 0 Å². The fraction of sp³-hybridized carbons (Fsp3) is 0.167. The van der Waals surface area contributed by atoms with Gasteiger partial charge >= 0.3 is 0 Å². The molecule has 0 radical (unpaired) electrons. The van der Waals surface area contributed by atoms with Gasteiger partial charge in [-0.25, -0.2) is 0 Å². The number of fused-ring (bicyclic) bond motifs is 1. The fourth-order valence-corrected chi connectivity index (χ4v) is 2.53. The number of ether oxygens (including phenoxy) is 2. The van der Waals surface area contributed by atoms with Crippen LogP contribution in [0.2, 0.25) is 0 Å². The van der Waals surface area contributed by atoms with Crippen LogP contribution in [0.5, 0.6) is 11.5 Å². The van der Waals surface area contributed by atoms with E-state index in [1.807, 2.05) is 25.1 Å². The van der Waals surface area contributed by atoms with Crippen molar-refractivity contribution in [1.82, 2.24) is 0 Å². The van der Waals surface area contributed by atoms with E-state index in [4.69, 9.17) is 13.9 Å². The van der Waals surface area contributed by atoms with E-state index in [1.165, 1.54) is 0 Å². The molecule has 0 unspecified atom stereocenters. The molecule has 22 heavy (non-hydrogen) atoms. The summed E-state index contributed by atoms with van der Waals surface area (Å²) < 4.78 is 16.4. The number of aryl methyl sites for hydroxylation is 1. The molecule has 0 bridgehead atoms. The summed E-state index contributed by atoms with van der Waals surface area (Å²) in [5, 5.41) is 0.794. The average Bonchev–Trinajstić information content (AvgIpc) is 2.91. The van der Waals surface area contributed by atoms with E-state index in [9.17, 15) is 4.79 Å². The minimum absolute atomic E-state index is 0.143. The molecule has 4 heteroatoms. The summed E-state index contributed by atoms with van der Waals surface area (Å²) in [4.78, 5) is 12.6. The van der Waals surface area contributed by atoms with E-state index in [-0.39, 0.29) is 5.78 Å². The lowest BCUT2D eigenvalue weighted by Gasteiger charge is -2.05. The Bertz CT molecular complexity index is 831. The van der Waals surface area contributed by atoms with E-state index in [2.05, 4.69) is 0 Å². The van der Waals surface area contributed by atoms with Crippen LogP contribution in [0.15, 0.2) is 46.9 Å². The van der Waals surface area contributed by atoms with Crippen LogP contribution in [0.3, 0.4) is 0 Å². The Morgan fingerprint density at radius 3 is 2.41 bits per heavy atom. The van der Waals surface area contributed by atoms with Gasteiger partial charge in [-0.05, 0) is 6.92 Å². The predicted octanol–water partition coefficient (Wildman–Crippen LogP) is 3.99. The maximum atomic E-state index is 12.6. The van der Waals surface area contributed by atoms with E-state index in [0.717, 1.165) is 10.9 Å². The van der Waals surface area contributed by atoms with Gasteiger partial charge in [-0.1, -0.05) is 30.3 Å². The molecule has 1 heterocycles. The summed E-state index contributed by atoms with van der Waals surface area (Å²) in [6.07, 6.45) is 0. The van der Waals surface area contributed by atoms with Crippen LogP contribution in [0, 0.1) is 6.92 Å². The minimum atomic E-state index is -0.143. The zero-order valence-corrected chi connectivity index (χ0v) is 12.7. The van der Waals surface area contributed by atoms with Crippen LogP contribution in [0.4, 0.5) is 0 Å². The molecule has 2 aromatic carbocycles. The first-order valence-electron chi connectivity index (χ1n) is 6.90. The quantitative estimate of drug-likeness (QED) is 0.683. The Morgan fingerprint density at radius 2 is 1.77 bits per heavy atom. The van der Waals surface area contributed by atoms with Gasteiger partial charge in [0.05, 0.1) is 19.6 Å². The summed E-state index contributed by atoms with van der Waals surface area (Å²) in [7, 11) is 3.16. The van der Waals surface area contributed by atoms with Crippen LogP contribution in [-0.4, -0.2) is 20.0 Å². The van der Waals surface area contributed by atoms with Crippen molar-refractivity contribution in [2.75, 3.05) is 14.2 Å². The molecule has 0 amide bonds. The smallest absolute Gasteiger partial charge is 0.228 e. The fourth-order valence-electron chi connectivity index (χ4n) is 2.53. The Hall–Kier alpha value is -2.75. The Morgan fingerprint density at radius 1 is 1.05 bits per heavy atom. The highest BCUT2D eigenvalue weighted by Crippen LogP contribution is 2.37. The van der Waals surface area contributed by atoms with Crippen molar-refractivity contribution in [3.63, 3.8) is 0 Å². The second kappa shape index (κ2) is 5.56. The molecule has 0 aliphatic carbocycles. The number of methoxy groups -OCH3 is 2. The van der Waals surface area contributed by atoms with E-state index in [1.54, 1.807) is 38.5 Å². The van der Waals surface area contributed by atoms with Gasteiger partial charge in [0.2, 0.25) is 5.78 Å². The molecule has 0 saturated carbocycles. The first-order valence-corrected chi connectivity index (χ1v) is 6.90. The first kappa shape index (κ1) is 14.2. The number of rotatable bonds is 4. The highest BCUT2D eigenvalue weighted by atomic mass is 16.5. The maximum Gasteiger partial charge on any atom is 0.228 e. The van der Waals surface area contributed by atoms with Crippen LogP contribution in [-0.2, 0) is 0 Å². The van der Waals surface area contributed by atoms with Gasteiger partial charge < -0.3 is 13.9 Å². The van der Waals surface area contributed by atoms with Gasteiger partial charge in [0.1, 0.15) is 17.1 Å². The number of hydrogen-bond donors (Lipinski definition) is 0. The van der Waals surface area contributed by atoms with Gasteiger partial charge in [-0.15, -0.1) is 0 Å². The summed E-state index contributed by atoms with van der Waals surface area (Å²) in [6.45, 7) is 1.86. The maximum absolute atomic E-state index is 12.6. The summed E-state index contributed by atoms with van der Waals surface area (Å²) in [5.41, 5.74) is 1.94. The second-order valence-electron chi connectivity index (χ2n) is 4.95. The summed E-state index contributed by atoms with van der Waals surface area (Å²) in [5.74, 6) is 1.43. The Labute approximate surface area is 128 Å². The molecule has 0 aliphatic heterocycles. The van der Waals surface area contributed by atoms with Crippen molar-refractivity contribution in [1.29, 1.82) is 0 Å². The molecule has 0 fully saturated rings. The first-order chi connectivity index (χ1) is 10.7. The Balaban J connectivity index is 2.20. The highest BCUT2D eigenvalue weighted by molar-refractivity contribution is 6.11. The average molecular weight is 296 g/mol. The van der Waals surface area contributed by atoms with E-state index in [0.29, 0.717) is 28.4 Å². The molecule has 112 valence electrons. The topological polar surface area (TPSA) is 48.7 Å². The third kappa shape index (κ3) is 2.22. The molecular formula is C18H16O4. The van der Waals surface area contributed by atoms with Crippen molar-refractivity contribution in [3.05, 3.63) is 59.4 Å². The van der Waals surface area contributed by atoms with Crippen LogP contribution in [0.1, 0.15) is 21.7 Å². The van der Waals surface area contributed by atoms with Crippen LogP contribution >= 0.6 is 0 Å². The third-order valence-corrected chi connectivity index (χ3v) is 3.66. The van der Waals surface area contributed by atoms with Crippen molar-refractivity contribution in [3.8, 4) is 11.5 Å². The molecular weight excluding hydrogens is 280 g/mol. The molecule has 3 rings (SSSR count). The standard InChI is InChI=1S/C18H16O4/c1-11-16-14(21-3)9-13(20-2)10-15(16)22-18(11)17(19)12-7-5-4-6-8-12/h4-10H,1-3H3. The number of carbonyl (C=O) groups excluding carboxylic acids is 1. The van der Waals surface area contributed by atoms with Crippen molar-refractivity contribution >= 4 is 16.8 Å². The van der Waals surface area contributed by atoms with Crippen molar-refractivity contribution in [2.45, 2.75) is 6.92 Å².